The summed E-state index contributed by atoms with van der Waals surface area (Å²) in [6.07, 6.45) is 3.36. The largest absolute Gasteiger partial charge is 0.480 e. The number of nitrogens with zero attached hydrogens (tertiary/aromatic N) is 2. The lowest BCUT2D eigenvalue weighted by molar-refractivity contribution is -0.138. The van der Waals surface area contributed by atoms with E-state index in [1.165, 1.54) is 6.42 Å². The number of carboxylic acids is 1. The smallest absolute Gasteiger partial charge is 0.317 e. The van der Waals surface area contributed by atoms with Crippen molar-refractivity contribution in [1.29, 1.82) is 0 Å². The molecule has 0 radical (unpaired) electrons. The number of rotatable bonds is 7. The molecule has 1 fully saturated rings. The van der Waals surface area contributed by atoms with Crippen LogP contribution in [0.5, 0.6) is 0 Å². The van der Waals surface area contributed by atoms with E-state index in [9.17, 15) is 9.59 Å². The highest BCUT2D eigenvalue weighted by Crippen LogP contribution is 2.06. The molecule has 2 N–H and O–H groups in total. The molecule has 1 heterocycles. The van der Waals surface area contributed by atoms with Crippen LogP contribution in [0.15, 0.2) is 0 Å². The highest BCUT2D eigenvalue weighted by Gasteiger charge is 2.21. The molecule has 1 rings (SSSR count). The van der Waals surface area contributed by atoms with Gasteiger partial charge in [-0.3, -0.25) is 9.69 Å². The van der Waals surface area contributed by atoms with E-state index in [1.54, 1.807) is 4.90 Å². The molecule has 0 saturated carbocycles. The molecule has 1 aliphatic heterocycles. The van der Waals surface area contributed by atoms with Gasteiger partial charge in [-0.25, -0.2) is 4.79 Å². The van der Waals surface area contributed by atoms with Gasteiger partial charge in [-0.05, 0) is 12.3 Å². The third-order valence-electron chi connectivity index (χ3n) is 3.50. The Kier molecular flexibility index (Phi) is 7.36. The summed E-state index contributed by atoms with van der Waals surface area (Å²) in [4.78, 5) is 26.1. The van der Waals surface area contributed by atoms with Gasteiger partial charge in [-0.15, -0.1) is 0 Å². The summed E-state index contributed by atoms with van der Waals surface area (Å²) in [6, 6.07) is -0.0236. The van der Waals surface area contributed by atoms with Crippen LogP contribution in [0.1, 0.15) is 33.1 Å². The van der Waals surface area contributed by atoms with Gasteiger partial charge >= 0.3 is 12.0 Å². The van der Waals surface area contributed by atoms with Gasteiger partial charge in [0.25, 0.3) is 0 Å². The molecule has 116 valence electrons. The predicted molar refractivity (Wildman–Crippen MR) is 77.7 cm³/mol. The maximum Gasteiger partial charge on any atom is 0.317 e. The molecule has 2 amide bonds. The fourth-order valence-electron chi connectivity index (χ4n) is 2.29. The van der Waals surface area contributed by atoms with Crippen LogP contribution in [0.4, 0.5) is 4.79 Å². The molecule has 6 heteroatoms. The van der Waals surface area contributed by atoms with Gasteiger partial charge < -0.3 is 15.3 Å². The topological polar surface area (TPSA) is 72.9 Å². The van der Waals surface area contributed by atoms with E-state index in [1.807, 2.05) is 4.90 Å². The third-order valence-corrected chi connectivity index (χ3v) is 3.50. The first kappa shape index (κ1) is 16.8. The van der Waals surface area contributed by atoms with Crippen molar-refractivity contribution in [2.45, 2.75) is 33.1 Å². The van der Waals surface area contributed by atoms with Crippen molar-refractivity contribution in [3.8, 4) is 0 Å². The first-order chi connectivity index (χ1) is 9.49. The molecular weight excluding hydrogens is 258 g/mol. The predicted octanol–water partition coefficient (Wildman–Crippen LogP) is 1.22. The van der Waals surface area contributed by atoms with Crippen molar-refractivity contribution in [3.05, 3.63) is 0 Å². The second-order valence-corrected chi connectivity index (χ2v) is 5.78. The summed E-state index contributed by atoms with van der Waals surface area (Å²) < 4.78 is 0. The third kappa shape index (κ3) is 6.75. The van der Waals surface area contributed by atoms with E-state index in [-0.39, 0.29) is 12.6 Å². The van der Waals surface area contributed by atoms with Gasteiger partial charge in [0.15, 0.2) is 0 Å². The summed E-state index contributed by atoms with van der Waals surface area (Å²) >= 11 is 0. The van der Waals surface area contributed by atoms with Crippen molar-refractivity contribution in [2.24, 2.45) is 5.92 Å². The first-order valence-electron chi connectivity index (χ1n) is 7.46. The number of carboxylic acid groups (broad SMARTS) is 1. The number of nitrogens with one attached hydrogen (secondary N) is 1. The van der Waals surface area contributed by atoms with Crippen LogP contribution < -0.4 is 5.32 Å². The zero-order chi connectivity index (χ0) is 15.0. The van der Waals surface area contributed by atoms with Crippen LogP contribution in [0.2, 0.25) is 0 Å². The Morgan fingerprint density at radius 2 is 1.80 bits per heavy atom. The Hall–Kier alpha value is -1.30. The number of urea groups is 1. The molecule has 0 atom stereocenters. The molecule has 1 aliphatic rings. The molecule has 1 saturated heterocycles. The summed E-state index contributed by atoms with van der Waals surface area (Å²) in [5.41, 5.74) is 0. The van der Waals surface area contributed by atoms with Crippen molar-refractivity contribution in [3.63, 3.8) is 0 Å². The zero-order valence-electron chi connectivity index (χ0n) is 12.6. The molecule has 0 aliphatic carbocycles. The van der Waals surface area contributed by atoms with E-state index >= 15 is 0 Å². The lowest BCUT2D eigenvalue weighted by atomic mass is 10.1. The lowest BCUT2D eigenvalue weighted by Gasteiger charge is -2.33. The van der Waals surface area contributed by atoms with Crippen LogP contribution in [0, 0.1) is 5.92 Å². The number of hydrogen-bond donors (Lipinski definition) is 2. The monoisotopic (exact) mass is 285 g/mol. The van der Waals surface area contributed by atoms with E-state index in [2.05, 4.69) is 19.2 Å². The molecule has 0 aromatic heterocycles. The second kappa shape index (κ2) is 8.79. The van der Waals surface area contributed by atoms with Crippen LogP contribution >= 0.6 is 0 Å². The number of aliphatic carboxylic acids is 1. The van der Waals surface area contributed by atoms with Crippen LogP contribution in [0.25, 0.3) is 0 Å². The first-order valence-corrected chi connectivity index (χ1v) is 7.46. The number of carbonyl (C=O) groups excluding carboxylic acids is 1. The summed E-state index contributed by atoms with van der Waals surface area (Å²) in [5.74, 6) is -0.0962. The van der Waals surface area contributed by atoms with Crippen molar-refractivity contribution in [2.75, 3.05) is 39.3 Å². The minimum absolute atomic E-state index is 0.0236. The van der Waals surface area contributed by atoms with E-state index < -0.39 is 5.97 Å². The lowest BCUT2D eigenvalue weighted by Crippen LogP contribution is -2.52. The molecule has 0 aromatic carbocycles. The highest BCUT2D eigenvalue weighted by molar-refractivity contribution is 5.74. The Morgan fingerprint density at radius 3 is 2.35 bits per heavy atom. The minimum atomic E-state index is -0.812. The number of hydrogen-bond acceptors (Lipinski definition) is 3. The molecule has 0 bridgehead atoms. The van der Waals surface area contributed by atoms with E-state index in [0.29, 0.717) is 32.1 Å². The highest BCUT2D eigenvalue weighted by atomic mass is 16.4. The Morgan fingerprint density at radius 1 is 1.15 bits per heavy atom. The zero-order valence-corrected chi connectivity index (χ0v) is 12.6. The minimum Gasteiger partial charge on any atom is -0.480 e. The maximum absolute atomic E-state index is 11.9. The average Bonchev–Trinajstić information content (AvgIpc) is 2.38. The SMILES string of the molecule is CC(C)CCCCNC(=O)N1CCN(CC(=O)O)CC1. The van der Waals surface area contributed by atoms with Gasteiger partial charge in [0.2, 0.25) is 0 Å². The molecular formula is C14H27N3O3. The van der Waals surface area contributed by atoms with Gasteiger partial charge in [0.05, 0.1) is 6.54 Å². The average molecular weight is 285 g/mol. The fourth-order valence-corrected chi connectivity index (χ4v) is 2.29. The molecule has 0 spiro atoms. The van der Waals surface area contributed by atoms with Crippen molar-refractivity contribution in [1.82, 2.24) is 15.1 Å². The number of amides is 2. The fraction of sp³-hybridized carbons (Fsp3) is 0.857. The number of piperazine rings is 1. The van der Waals surface area contributed by atoms with Gasteiger partial charge in [0, 0.05) is 32.7 Å². The van der Waals surface area contributed by atoms with E-state index in [4.69, 9.17) is 5.11 Å². The van der Waals surface area contributed by atoms with Gasteiger partial charge in [-0.1, -0.05) is 26.7 Å². The summed E-state index contributed by atoms with van der Waals surface area (Å²) in [6.45, 7) is 7.66. The molecule has 6 nitrogen and oxygen atoms in total. The Balaban J connectivity index is 2.11. The standard InChI is InChI=1S/C14H27N3O3/c1-12(2)5-3-4-6-15-14(20)17-9-7-16(8-10-17)11-13(18)19/h12H,3-11H2,1-2H3,(H,15,20)(H,18,19). The van der Waals surface area contributed by atoms with Crippen molar-refractivity contribution < 1.29 is 14.7 Å². The van der Waals surface area contributed by atoms with Crippen LogP contribution in [-0.4, -0.2) is 66.2 Å². The molecule has 0 aromatic rings. The number of unbranched alkanes of at least 4 members (excludes halogenated alkanes) is 1. The maximum atomic E-state index is 11.9. The van der Waals surface area contributed by atoms with Gasteiger partial charge in [0.1, 0.15) is 0 Å². The summed E-state index contributed by atoms with van der Waals surface area (Å²) in [5, 5.41) is 11.6. The quantitative estimate of drug-likeness (QED) is 0.690. The normalized spacial score (nSPS) is 16.4. The van der Waals surface area contributed by atoms with E-state index in [0.717, 1.165) is 19.4 Å². The van der Waals surface area contributed by atoms with Crippen molar-refractivity contribution >= 4 is 12.0 Å². The molecule has 0 unspecified atom stereocenters. The van der Waals surface area contributed by atoms with Crippen LogP contribution in [-0.2, 0) is 4.79 Å². The second-order valence-electron chi connectivity index (χ2n) is 5.78. The summed E-state index contributed by atoms with van der Waals surface area (Å²) in [7, 11) is 0. The Labute approximate surface area is 121 Å². The van der Waals surface area contributed by atoms with Gasteiger partial charge in [-0.2, -0.15) is 0 Å². The Bertz CT molecular complexity index is 313. The van der Waals surface area contributed by atoms with Crippen LogP contribution in [0.3, 0.4) is 0 Å². The molecule has 20 heavy (non-hydrogen) atoms. The number of carbonyl (C=O) groups is 2.